The third-order valence-electron chi connectivity index (χ3n) is 21.1. The predicted molar refractivity (Wildman–Crippen MR) is 458 cm³/mol. The Hall–Kier alpha value is -12.6. The first-order chi connectivity index (χ1) is 53.5. The molecular weight excluding hydrogens is 1360 g/mol. The van der Waals surface area contributed by atoms with Gasteiger partial charge in [0, 0.05) is 62.5 Å². The highest BCUT2D eigenvalue weighted by molar-refractivity contribution is 7.22. The monoisotopic (exact) mass is 1460 g/mol. The average Bonchev–Trinajstić information content (AvgIpc) is 0.986. The molecule has 0 aliphatic carbocycles. The summed E-state index contributed by atoms with van der Waals surface area (Å²) in [5.41, 5.74) is 21.2. The highest BCUT2D eigenvalue weighted by Gasteiger charge is 2.23. The Morgan fingerprint density at radius 1 is 0.355 bits per heavy atom. The number of hydrogen-bond acceptors (Lipinski definition) is 4. The maximum Gasteiger partial charge on any atom is 0.308 e. The van der Waals surface area contributed by atoms with Gasteiger partial charge in [-0.15, -0.1) is 16.0 Å². The molecule has 110 heavy (non-hydrogen) atoms. The molecule has 7 aromatic heterocycles. The fourth-order valence-corrected chi connectivity index (χ4v) is 16.9. The van der Waals surface area contributed by atoms with Gasteiger partial charge < -0.3 is 0 Å². The minimum Gasteiger partial charge on any atom is -0.243 e. The first kappa shape index (κ1) is 74.3. The Labute approximate surface area is 649 Å². The van der Waals surface area contributed by atoms with Crippen LogP contribution in [0.3, 0.4) is 0 Å². The Bertz CT molecular complexity index is 6550. The van der Waals surface area contributed by atoms with Crippen molar-refractivity contribution in [3.63, 3.8) is 0 Å². The molecule has 19 rings (SSSR count). The number of fused-ring (bicyclic) bond motifs is 15. The summed E-state index contributed by atoms with van der Waals surface area (Å²) in [7, 11) is 12.5. The number of hydrogen-bond donors (Lipinski definition) is 0. The molecule has 0 spiro atoms. The molecule has 0 amide bonds. The van der Waals surface area contributed by atoms with Crippen LogP contribution in [0.2, 0.25) is 0 Å². The van der Waals surface area contributed by atoms with Crippen LogP contribution < -0.4 is 27.4 Å². The smallest absolute Gasteiger partial charge is 0.243 e. The molecule has 0 saturated carbocycles. The molecule has 0 saturated heterocycles. The number of rotatable bonds is 6. The van der Waals surface area contributed by atoms with Crippen molar-refractivity contribution in [2.75, 3.05) is 0 Å². The largest absolute Gasteiger partial charge is 0.308 e. The first-order valence-corrected chi connectivity index (χ1v) is 38.7. The van der Waals surface area contributed by atoms with Gasteiger partial charge in [0.05, 0.1) is 35.1 Å². The second-order valence-corrected chi connectivity index (χ2v) is 29.8. The van der Waals surface area contributed by atoms with Gasteiger partial charge >= 0.3 is 5.82 Å². The number of aryl methyl sites for hydroxylation is 14. The molecule has 0 aliphatic rings. The second kappa shape index (κ2) is 32.9. The highest BCUT2D eigenvalue weighted by Crippen LogP contribution is 2.39. The molecule has 0 N–H and O–H groups in total. The van der Waals surface area contributed by atoms with Gasteiger partial charge in [-0.1, -0.05) is 195 Å². The lowest BCUT2D eigenvalue weighted by atomic mass is 9.96. The fourth-order valence-electron chi connectivity index (χ4n) is 15.6. The standard InChI is InChI=1S/C19H17N2.C18H15N2.2C17H16N.C15H14NS.C13H18N3/c1-12-7-6-10-15-14-8-4-5-9-16(14)18-19(17(12)15)21(3)11-13(2)20-18;1-12-6-5-9-14-13-7-3-4-8-15(13)17-18(16(12)14)20(2)11-10-19-17;1-13-15-8-4-3-7-14(15)10-11-16(13)17-9-5-6-12-18(17)2;1-13-10-11-14-7-3-4-8-15(14)17(13)16-9-5-6-12-18(16)2;1-11-12-7-3-4-9-14(12)17-15(11)13-8-5-6-10-16(13)2;1-4-9-16-10-15(3)13(14-16)12-8-6-5-7-11(12)2/h4-11H,1-3H3;3-11H,1-2H3;2*3-12H,1-2H3;3-10H,1-2H3;5-8,10H,4,9H2,1-3H3/q6*+1. The van der Waals surface area contributed by atoms with E-state index in [9.17, 15) is 0 Å². The molecule has 10 nitrogen and oxygen atoms in total. The zero-order chi connectivity index (χ0) is 76.7. The van der Waals surface area contributed by atoms with Crippen LogP contribution in [0.4, 0.5) is 0 Å². The van der Waals surface area contributed by atoms with Crippen molar-refractivity contribution in [1.29, 1.82) is 0 Å². The molecule has 0 aliphatic heterocycles. The van der Waals surface area contributed by atoms with E-state index < -0.39 is 0 Å². The maximum absolute atomic E-state index is 4.84. The maximum atomic E-state index is 4.84. The van der Waals surface area contributed by atoms with E-state index in [1.54, 1.807) is 0 Å². The number of aromatic nitrogens is 10. The molecule has 0 unspecified atom stereocenters. The lowest BCUT2D eigenvalue weighted by Gasteiger charge is -2.10. The highest BCUT2D eigenvalue weighted by atomic mass is 32.1. The van der Waals surface area contributed by atoms with Crippen molar-refractivity contribution in [2.24, 2.45) is 42.3 Å². The quantitative estimate of drug-likeness (QED) is 0.123. The van der Waals surface area contributed by atoms with Crippen LogP contribution in [0.5, 0.6) is 0 Å². The Balaban J connectivity index is 0.000000110. The summed E-state index contributed by atoms with van der Waals surface area (Å²) in [6.07, 6.45) is 15.4. The van der Waals surface area contributed by atoms with Gasteiger partial charge in [-0.3, -0.25) is 0 Å². The molecule has 0 fully saturated rings. The van der Waals surface area contributed by atoms with Crippen molar-refractivity contribution in [1.82, 2.24) is 19.7 Å². The van der Waals surface area contributed by atoms with E-state index in [1.165, 1.54) is 158 Å². The van der Waals surface area contributed by atoms with E-state index in [0.717, 1.165) is 35.5 Å². The molecular formula is C99H96N10S+6. The van der Waals surface area contributed by atoms with E-state index in [1.807, 2.05) is 41.8 Å². The van der Waals surface area contributed by atoms with Gasteiger partial charge in [-0.25, -0.2) is 28.2 Å². The lowest BCUT2D eigenvalue weighted by Crippen LogP contribution is -2.30. The second-order valence-electron chi connectivity index (χ2n) is 28.7. The van der Waals surface area contributed by atoms with Crippen molar-refractivity contribution >= 4 is 108 Å². The van der Waals surface area contributed by atoms with Crippen molar-refractivity contribution < 1.29 is 27.4 Å². The number of thiophene rings is 1. The number of nitrogens with zero attached hydrogens (tertiary/aromatic N) is 10. The van der Waals surface area contributed by atoms with E-state index in [4.69, 9.17) is 4.98 Å². The molecule has 0 radical (unpaired) electrons. The van der Waals surface area contributed by atoms with Gasteiger partial charge in [0.1, 0.15) is 63.4 Å². The minimum absolute atomic E-state index is 0.972. The molecule has 12 aromatic carbocycles. The number of pyridine rings is 3. The molecule has 0 atom stereocenters. The molecule has 11 heteroatoms. The summed E-state index contributed by atoms with van der Waals surface area (Å²) < 4.78 is 16.3. The zero-order valence-corrected chi connectivity index (χ0v) is 66.5. The fraction of sp³-hybridized carbons (Fsp3) is 0.162. The molecule has 0 bridgehead atoms. The molecule has 542 valence electrons. The first-order valence-electron chi connectivity index (χ1n) is 37.9. The topological polar surface area (TPSA) is 66.9 Å². The van der Waals surface area contributed by atoms with Crippen LogP contribution in [0.25, 0.3) is 141 Å². The number of benzene rings is 12. The summed E-state index contributed by atoms with van der Waals surface area (Å²) in [4.78, 5) is 10.8. The van der Waals surface area contributed by atoms with Crippen LogP contribution in [-0.2, 0) is 48.8 Å². The van der Waals surface area contributed by atoms with Gasteiger partial charge in [0.15, 0.2) is 31.0 Å². The Kier molecular flexibility index (Phi) is 22.2. The van der Waals surface area contributed by atoms with Gasteiger partial charge in [0.2, 0.25) is 34.4 Å². The molecule has 19 aromatic rings. The van der Waals surface area contributed by atoms with Gasteiger partial charge in [-0.2, -0.15) is 9.13 Å². The van der Waals surface area contributed by atoms with E-state index in [2.05, 4.69) is 414 Å². The van der Waals surface area contributed by atoms with Crippen molar-refractivity contribution in [2.45, 2.75) is 68.4 Å². The van der Waals surface area contributed by atoms with Crippen LogP contribution in [0.15, 0.2) is 304 Å². The SMILES string of the molecule is CCCn1c[n+](C)c(-c2ccccc2C)n1.Cc1c(-c2cccc[n+]2C)ccc2ccccc12.Cc1c(-c2cccc[n+]2C)sc2ccccc12.Cc1c[n+](C)c2c(n1)c1ccccc1c1cccc(C)c12.Cc1ccc2ccccc2c1-c1cccc[n+]1C.Cc1cccc2c3ccccc3c3ncc[n+](C)c3c12. The summed E-state index contributed by atoms with van der Waals surface area (Å²) in [5, 5.41) is 21.4. The Morgan fingerprint density at radius 3 is 1.45 bits per heavy atom. The van der Waals surface area contributed by atoms with Crippen LogP contribution in [-0.4, -0.2) is 19.7 Å². The average molecular weight is 1460 g/mol. The van der Waals surface area contributed by atoms with Crippen molar-refractivity contribution in [3.8, 4) is 44.5 Å². The summed E-state index contributed by atoms with van der Waals surface area (Å²) in [6.45, 7) is 18.2. The van der Waals surface area contributed by atoms with Gasteiger partial charge in [0.25, 0.3) is 0 Å². The van der Waals surface area contributed by atoms with E-state index in [-0.39, 0.29) is 0 Å². The van der Waals surface area contributed by atoms with Crippen molar-refractivity contribution in [3.05, 3.63) is 343 Å². The summed E-state index contributed by atoms with van der Waals surface area (Å²) >= 11 is 1.87. The summed E-state index contributed by atoms with van der Waals surface area (Å²) in [6, 6.07) is 92.0. The summed E-state index contributed by atoms with van der Waals surface area (Å²) in [5.74, 6) is 1.03. The van der Waals surface area contributed by atoms with Crippen LogP contribution in [0, 0.1) is 48.5 Å². The third-order valence-corrected chi connectivity index (χ3v) is 22.4. The predicted octanol–water partition coefficient (Wildman–Crippen LogP) is 20.7. The minimum atomic E-state index is 0.972. The zero-order valence-electron chi connectivity index (χ0n) is 65.7. The van der Waals surface area contributed by atoms with Gasteiger partial charge in [-0.05, 0) is 173 Å². The van der Waals surface area contributed by atoms with E-state index in [0.29, 0.717) is 0 Å². The van der Waals surface area contributed by atoms with Crippen LogP contribution >= 0.6 is 11.3 Å². The lowest BCUT2D eigenvalue weighted by molar-refractivity contribution is -0.661. The van der Waals surface area contributed by atoms with Crippen LogP contribution in [0.1, 0.15) is 52.4 Å². The molecule has 7 heterocycles. The van der Waals surface area contributed by atoms with E-state index >= 15 is 0 Å². The normalized spacial score (nSPS) is 11.1. The third kappa shape index (κ3) is 15.1. The Morgan fingerprint density at radius 2 is 0.845 bits per heavy atom.